The van der Waals surface area contributed by atoms with Crippen LogP contribution in [0.1, 0.15) is 39.4 Å². The molecule has 1 unspecified atom stereocenters. The van der Waals surface area contributed by atoms with Crippen LogP contribution >= 0.6 is 0 Å². The summed E-state index contributed by atoms with van der Waals surface area (Å²) < 4.78 is 2.23. The Balaban J connectivity index is 2.33. The molecule has 0 spiro atoms. The summed E-state index contributed by atoms with van der Waals surface area (Å²) in [5.74, 6) is 1.90. The van der Waals surface area contributed by atoms with Gasteiger partial charge in [0, 0.05) is 18.9 Å². The van der Waals surface area contributed by atoms with E-state index in [1.54, 1.807) is 0 Å². The maximum Gasteiger partial charge on any atom is 0.122 e. The number of aryl methyl sites for hydroxylation is 1. The Morgan fingerprint density at radius 3 is 2.93 bits per heavy atom. The molecule has 0 bridgehead atoms. The average molecular weight is 209 g/mol. The number of nitrogens with zero attached hydrogens (tertiary/aromatic N) is 2. The summed E-state index contributed by atoms with van der Waals surface area (Å²) in [7, 11) is 0. The van der Waals surface area contributed by atoms with Gasteiger partial charge in [0.25, 0.3) is 0 Å². The van der Waals surface area contributed by atoms with Crippen LogP contribution in [0.2, 0.25) is 0 Å². The molecule has 1 aromatic rings. The first-order chi connectivity index (χ1) is 7.27. The molecule has 0 saturated heterocycles. The van der Waals surface area contributed by atoms with Gasteiger partial charge >= 0.3 is 0 Å². The van der Waals surface area contributed by atoms with Crippen molar-refractivity contribution in [2.75, 3.05) is 6.54 Å². The predicted octanol–water partition coefficient (Wildman–Crippen LogP) is 2.43. The summed E-state index contributed by atoms with van der Waals surface area (Å²) in [6.07, 6.45) is 6.34. The SMILES string of the molecule is CCCn1ccnc1CNCC(C)CC. The molecule has 0 aliphatic carbocycles. The number of aromatic nitrogens is 2. The molecule has 1 rings (SSSR count). The summed E-state index contributed by atoms with van der Waals surface area (Å²) in [6, 6.07) is 0. The van der Waals surface area contributed by atoms with Crippen LogP contribution in [0.4, 0.5) is 0 Å². The molecule has 0 saturated carbocycles. The zero-order valence-corrected chi connectivity index (χ0v) is 10.2. The molecule has 0 fully saturated rings. The van der Waals surface area contributed by atoms with Gasteiger partial charge in [-0.05, 0) is 18.9 Å². The molecule has 3 nitrogen and oxygen atoms in total. The third-order valence-electron chi connectivity index (χ3n) is 2.74. The minimum Gasteiger partial charge on any atom is -0.334 e. The second kappa shape index (κ2) is 6.62. The summed E-state index contributed by atoms with van der Waals surface area (Å²) in [5.41, 5.74) is 0. The van der Waals surface area contributed by atoms with E-state index in [0.29, 0.717) is 0 Å². The number of hydrogen-bond donors (Lipinski definition) is 1. The first kappa shape index (κ1) is 12.2. The summed E-state index contributed by atoms with van der Waals surface area (Å²) in [6.45, 7) is 9.72. The van der Waals surface area contributed by atoms with Crippen molar-refractivity contribution >= 4 is 0 Å². The van der Waals surface area contributed by atoms with Gasteiger partial charge in [-0.3, -0.25) is 0 Å². The molecule has 0 amide bonds. The Labute approximate surface area is 92.9 Å². The van der Waals surface area contributed by atoms with Gasteiger partial charge in [0.2, 0.25) is 0 Å². The van der Waals surface area contributed by atoms with Crippen molar-refractivity contribution in [3.8, 4) is 0 Å². The molecule has 0 aliphatic rings. The number of nitrogens with one attached hydrogen (secondary N) is 1. The monoisotopic (exact) mass is 209 g/mol. The minimum atomic E-state index is 0.750. The van der Waals surface area contributed by atoms with Crippen molar-refractivity contribution in [1.29, 1.82) is 0 Å². The van der Waals surface area contributed by atoms with E-state index in [-0.39, 0.29) is 0 Å². The summed E-state index contributed by atoms with van der Waals surface area (Å²) >= 11 is 0. The maximum absolute atomic E-state index is 4.36. The third-order valence-corrected chi connectivity index (χ3v) is 2.74. The van der Waals surface area contributed by atoms with Crippen molar-refractivity contribution in [2.24, 2.45) is 5.92 Å². The second-order valence-electron chi connectivity index (χ2n) is 4.18. The lowest BCUT2D eigenvalue weighted by Crippen LogP contribution is -2.22. The van der Waals surface area contributed by atoms with Crippen molar-refractivity contribution in [3.05, 3.63) is 18.2 Å². The Hall–Kier alpha value is -0.830. The molecule has 0 radical (unpaired) electrons. The van der Waals surface area contributed by atoms with Gasteiger partial charge in [-0.1, -0.05) is 27.2 Å². The Bertz CT molecular complexity index is 268. The highest BCUT2D eigenvalue weighted by Gasteiger charge is 2.02. The smallest absolute Gasteiger partial charge is 0.122 e. The van der Waals surface area contributed by atoms with E-state index in [1.807, 2.05) is 6.20 Å². The molecular weight excluding hydrogens is 186 g/mol. The second-order valence-corrected chi connectivity index (χ2v) is 4.18. The first-order valence-electron chi connectivity index (χ1n) is 5.98. The Morgan fingerprint density at radius 1 is 1.47 bits per heavy atom. The normalized spacial score (nSPS) is 13.0. The molecule has 0 aliphatic heterocycles. The number of hydrogen-bond acceptors (Lipinski definition) is 2. The van der Waals surface area contributed by atoms with Crippen LogP contribution in [0.15, 0.2) is 12.4 Å². The van der Waals surface area contributed by atoms with Crippen LogP contribution in [-0.2, 0) is 13.1 Å². The van der Waals surface area contributed by atoms with Crippen molar-refractivity contribution < 1.29 is 0 Å². The maximum atomic E-state index is 4.36. The van der Waals surface area contributed by atoms with Crippen LogP contribution in [0.3, 0.4) is 0 Å². The van der Waals surface area contributed by atoms with E-state index in [9.17, 15) is 0 Å². The zero-order valence-electron chi connectivity index (χ0n) is 10.2. The molecular formula is C12H23N3. The van der Waals surface area contributed by atoms with Gasteiger partial charge in [0.05, 0.1) is 6.54 Å². The molecule has 0 aromatic carbocycles. The van der Waals surface area contributed by atoms with E-state index in [4.69, 9.17) is 0 Å². The summed E-state index contributed by atoms with van der Waals surface area (Å²) in [5, 5.41) is 3.45. The largest absolute Gasteiger partial charge is 0.334 e. The van der Waals surface area contributed by atoms with E-state index < -0.39 is 0 Å². The minimum absolute atomic E-state index is 0.750. The van der Waals surface area contributed by atoms with Crippen molar-refractivity contribution in [3.63, 3.8) is 0 Å². The van der Waals surface area contributed by atoms with Gasteiger partial charge in [0.1, 0.15) is 5.82 Å². The standard InChI is InChI=1S/C12H23N3/c1-4-7-15-8-6-14-12(15)10-13-9-11(3)5-2/h6,8,11,13H,4-5,7,9-10H2,1-3H3. The van der Waals surface area contributed by atoms with Crippen molar-refractivity contribution in [1.82, 2.24) is 14.9 Å². The highest BCUT2D eigenvalue weighted by molar-refractivity contribution is 4.91. The molecule has 15 heavy (non-hydrogen) atoms. The van der Waals surface area contributed by atoms with Gasteiger partial charge in [0.15, 0.2) is 0 Å². The topological polar surface area (TPSA) is 29.9 Å². The fourth-order valence-electron chi connectivity index (χ4n) is 1.53. The lowest BCUT2D eigenvalue weighted by molar-refractivity contribution is 0.486. The molecule has 1 atom stereocenters. The fourth-order valence-corrected chi connectivity index (χ4v) is 1.53. The van der Waals surface area contributed by atoms with Crippen LogP contribution in [-0.4, -0.2) is 16.1 Å². The number of rotatable bonds is 7. The molecule has 1 N–H and O–H groups in total. The van der Waals surface area contributed by atoms with Crippen LogP contribution in [0.25, 0.3) is 0 Å². The fraction of sp³-hybridized carbons (Fsp3) is 0.750. The van der Waals surface area contributed by atoms with E-state index in [1.165, 1.54) is 6.42 Å². The average Bonchev–Trinajstić information content (AvgIpc) is 2.66. The van der Waals surface area contributed by atoms with Gasteiger partial charge in [-0.25, -0.2) is 4.98 Å². The molecule has 86 valence electrons. The number of imidazole rings is 1. The van der Waals surface area contributed by atoms with Gasteiger partial charge in [-0.2, -0.15) is 0 Å². The molecule has 1 aromatic heterocycles. The van der Waals surface area contributed by atoms with E-state index in [2.05, 4.69) is 41.8 Å². The van der Waals surface area contributed by atoms with Gasteiger partial charge < -0.3 is 9.88 Å². The predicted molar refractivity (Wildman–Crippen MR) is 63.7 cm³/mol. The Morgan fingerprint density at radius 2 is 2.27 bits per heavy atom. The highest BCUT2D eigenvalue weighted by atomic mass is 15.1. The molecule has 3 heteroatoms. The van der Waals surface area contributed by atoms with Crippen LogP contribution in [0.5, 0.6) is 0 Å². The van der Waals surface area contributed by atoms with Gasteiger partial charge in [-0.15, -0.1) is 0 Å². The lowest BCUT2D eigenvalue weighted by atomic mass is 10.1. The lowest BCUT2D eigenvalue weighted by Gasteiger charge is -2.11. The third kappa shape index (κ3) is 4.04. The highest BCUT2D eigenvalue weighted by Crippen LogP contribution is 2.01. The van der Waals surface area contributed by atoms with Crippen LogP contribution < -0.4 is 5.32 Å². The zero-order chi connectivity index (χ0) is 11.1. The van der Waals surface area contributed by atoms with Crippen LogP contribution in [0, 0.1) is 5.92 Å². The van der Waals surface area contributed by atoms with Crippen molar-refractivity contribution in [2.45, 2.75) is 46.7 Å². The van der Waals surface area contributed by atoms with E-state index in [0.717, 1.165) is 37.8 Å². The quantitative estimate of drug-likeness (QED) is 0.747. The summed E-state index contributed by atoms with van der Waals surface area (Å²) in [4.78, 5) is 4.36. The van der Waals surface area contributed by atoms with E-state index >= 15 is 0 Å². The Kier molecular flexibility index (Phi) is 5.40. The first-order valence-corrected chi connectivity index (χ1v) is 5.98. The molecule has 1 heterocycles.